The molecule has 0 saturated heterocycles. The molecule has 3 heteroatoms. The van der Waals surface area contributed by atoms with Gasteiger partial charge in [0.25, 0.3) is 0 Å². The average Bonchev–Trinajstić information content (AvgIpc) is 3.77. The monoisotopic (exact) mass is 905 g/mol. The van der Waals surface area contributed by atoms with Gasteiger partial charge < -0.3 is 14.4 Å². The van der Waals surface area contributed by atoms with Gasteiger partial charge >= 0.3 is 0 Å². The maximum absolute atomic E-state index is 2.44. The van der Waals surface area contributed by atoms with Crippen LogP contribution in [0.4, 0.5) is 34.1 Å². The van der Waals surface area contributed by atoms with E-state index in [0.717, 1.165) is 50.8 Å². The Hall–Kier alpha value is -9.44. The molecule has 0 aliphatic rings. The molecule has 0 atom stereocenters. The minimum absolute atomic E-state index is 1.09. The topological polar surface area (TPSA) is 11.4 Å². The molecule has 334 valence electrons. The fraction of sp³-hybridized carbons (Fsp3) is 0. The Bertz CT molecular complexity index is 3740. The summed E-state index contributed by atoms with van der Waals surface area (Å²) in [4.78, 5) is 4.70. The molecule has 0 radical (unpaired) electrons. The third kappa shape index (κ3) is 7.40. The second kappa shape index (κ2) is 17.9. The van der Waals surface area contributed by atoms with Crippen LogP contribution >= 0.6 is 0 Å². The average molecular weight is 906 g/mol. The second-order valence-corrected chi connectivity index (χ2v) is 18.1. The van der Waals surface area contributed by atoms with Gasteiger partial charge in [0.1, 0.15) is 0 Å². The van der Waals surface area contributed by atoms with E-state index in [1.165, 1.54) is 65.7 Å². The largest absolute Gasteiger partial charge is 0.310 e. The zero-order valence-corrected chi connectivity index (χ0v) is 39.0. The summed E-state index contributed by atoms with van der Waals surface area (Å²) in [6.07, 6.45) is 0. The van der Waals surface area contributed by atoms with Gasteiger partial charge in [-0.25, -0.2) is 0 Å². The highest BCUT2D eigenvalue weighted by Gasteiger charge is 2.22. The van der Waals surface area contributed by atoms with E-state index in [1.54, 1.807) is 0 Å². The minimum atomic E-state index is 1.09. The van der Waals surface area contributed by atoms with E-state index in [1.807, 2.05) is 0 Å². The fourth-order valence-corrected chi connectivity index (χ4v) is 10.8. The lowest BCUT2D eigenvalue weighted by Gasteiger charge is -2.26. The Balaban J connectivity index is 1.00. The van der Waals surface area contributed by atoms with Crippen molar-refractivity contribution in [2.24, 2.45) is 0 Å². The Kier molecular flexibility index (Phi) is 10.5. The van der Waals surface area contributed by atoms with Gasteiger partial charge in [0, 0.05) is 50.6 Å². The van der Waals surface area contributed by atoms with Gasteiger partial charge in [-0.2, -0.15) is 0 Å². The van der Waals surface area contributed by atoms with Gasteiger partial charge in [-0.3, -0.25) is 0 Å². The third-order valence-corrected chi connectivity index (χ3v) is 13.9. The molecule has 0 N–H and O–H groups in total. The summed E-state index contributed by atoms with van der Waals surface area (Å²) in [5, 5.41) is 7.29. The standard InChI is InChI=1S/C68H47N3/c1-6-22-48(23-7-1)57-32-16-17-33-58(57)68-61-36-20-18-34-59(61)67(60-35-19-21-37-62(60)68)49-38-40-54(41-39-49)71-65-44-42-55(69(50-24-8-2-9-25-50)51-26-10-3-11-27-51)46-63(65)64-47-56(43-45-66(64)71)70(52-28-12-4-13-29-52)53-30-14-5-15-31-53/h1-47H. The SMILES string of the molecule is c1ccc(-c2ccccc2-c2c3ccccc3c(-c3ccc(-n4c5ccc(N(c6ccccc6)c6ccccc6)cc5c5cc(N(c6ccccc6)c6ccccc6)ccc54)cc3)c3ccccc23)cc1. The Morgan fingerprint density at radius 2 is 0.577 bits per heavy atom. The molecule has 1 aromatic heterocycles. The van der Waals surface area contributed by atoms with Crippen LogP contribution in [0.3, 0.4) is 0 Å². The van der Waals surface area contributed by atoms with Crippen LogP contribution in [0.5, 0.6) is 0 Å². The zero-order chi connectivity index (χ0) is 47.1. The summed E-state index contributed by atoms with van der Waals surface area (Å²) in [7, 11) is 0. The Labute approximate surface area is 414 Å². The summed E-state index contributed by atoms with van der Waals surface area (Å²) in [5.41, 5.74) is 17.3. The van der Waals surface area contributed by atoms with Gasteiger partial charge in [0.05, 0.1) is 11.0 Å². The van der Waals surface area contributed by atoms with E-state index in [4.69, 9.17) is 0 Å². The molecule has 0 unspecified atom stereocenters. The van der Waals surface area contributed by atoms with Crippen LogP contribution in [0.1, 0.15) is 0 Å². The van der Waals surface area contributed by atoms with E-state index >= 15 is 0 Å². The molecule has 0 fully saturated rings. The molecule has 0 aliphatic heterocycles. The third-order valence-electron chi connectivity index (χ3n) is 13.9. The number of aromatic nitrogens is 1. The quantitative estimate of drug-likeness (QED) is 0.127. The Morgan fingerprint density at radius 3 is 1.00 bits per heavy atom. The van der Waals surface area contributed by atoms with Crippen LogP contribution in [-0.2, 0) is 0 Å². The van der Waals surface area contributed by atoms with E-state index in [-0.39, 0.29) is 0 Å². The highest BCUT2D eigenvalue weighted by molar-refractivity contribution is 6.22. The summed E-state index contributed by atoms with van der Waals surface area (Å²) in [5.74, 6) is 0. The highest BCUT2D eigenvalue weighted by atomic mass is 15.1. The summed E-state index contributed by atoms with van der Waals surface area (Å²) < 4.78 is 2.44. The number of anilines is 6. The number of fused-ring (bicyclic) bond motifs is 5. The van der Waals surface area contributed by atoms with Gasteiger partial charge in [0.2, 0.25) is 0 Å². The van der Waals surface area contributed by atoms with Crippen LogP contribution in [-0.4, -0.2) is 4.57 Å². The lowest BCUT2D eigenvalue weighted by atomic mass is 9.84. The normalized spacial score (nSPS) is 11.4. The van der Waals surface area contributed by atoms with Gasteiger partial charge in [-0.05, 0) is 152 Å². The number of rotatable bonds is 10. The van der Waals surface area contributed by atoms with E-state index in [9.17, 15) is 0 Å². The van der Waals surface area contributed by atoms with Crippen LogP contribution < -0.4 is 9.80 Å². The van der Waals surface area contributed by atoms with E-state index in [0.29, 0.717) is 0 Å². The second-order valence-electron chi connectivity index (χ2n) is 18.1. The molecule has 1 heterocycles. The maximum Gasteiger partial charge on any atom is 0.0542 e. The number of nitrogens with zero attached hydrogens (tertiary/aromatic N) is 3. The number of benzene rings is 12. The first-order chi connectivity index (χ1) is 35.3. The lowest BCUT2D eigenvalue weighted by Crippen LogP contribution is -2.09. The molecular formula is C68H47N3. The molecule has 13 aromatic rings. The molecule has 0 amide bonds. The molecule has 0 saturated carbocycles. The first-order valence-corrected chi connectivity index (χ1v) is 24.3. The van der Waals surface area contributed by atoms with Crippen LogP contribution in [0.25, 0.3) is 82.4 Å². The number of para-hydroxylation sites is 4. The molecule has 12 aromatic carbocycles. The van der Waals surface area contributed by atoms with E-state index < -0.39 is 0 Å². The van der Waals surface area contributed by atoms with Crippen molar-refractivity contribution in [2.75, 3.05) is 9.80 Å². The van der Waals surface area contributed by atoms with Gasteiger partial charge in [-0.15, -0.1) is 0 Å². The first kappa shape index (κ1) is 41.7. The molecule has 3 nitrogen and oxygen atoms in total. The van der Waals surface area contributed by atoms with E-state index in [2.05, 4.69) is 299 Å². The fourth-order valence-electron chi connectivity index (χ4n) is 10.8. The number of hydrogen-bond donors (Lipinski definition) is 0. The number of hydrogen-bond acceptors (Lipinski definition) is 2. The molecular weight excluding hydrogens is 859 g/mol. The molecule has 0 bridgehead atoms. The molecule has 13 rings (SSSR count). The van der Waals surface area contributed by atoms with Crippen molar-refractivity contribution in [3.05, 3.63) is 285 Å². The van der Waals surface area contributed by atoms with Crippen molar-refractivity contribution in [3.63, 3.8) is 0 Å². The van der Waals surface area contributed by atoms with Crippen molar-refractivity contribution in [1.29, 1.82) is 0 Å². The minimum Gasteiger partial charge on any atom is -0.310 e. The first-order valence-electron chi connectivity index (χ1n) is 24.3. The lowest BCUT2D eigenvalue weighted by molar-refractivity contribution is 1.18. The van der Waals surface area contributed by atoms with Crippen molar-refractivity contribution in [1.82, 2.24) is 4.57 Å². The molecule has 0 spiro atoms. The summed E-state index contributed by atoms with van der Waals surface area (Å²) in [6.45, 7) is 0. The van der Waals surface area contributed by atoms with Crippen molar-refractivity contribution >= 4 is 77.5 Å². The predicted molar refractivity (Wildman–Crippen MR) is 301 cm³/mol. The highest BCUT2D eigenvalue weighted by Crippen LogP contribution is 2.47. The Morgan fingerprint density at radius 1 is 0.225 bits per heavy atom. The van der Waals surface area contributed by atoms with Crippen LogP contribution in [0, 0.1) is 0 Å². The molecule has 0 aliphatic carbocycles. The van der Waals surface area contributed by atoms with Crippen molar-refractivity contribution in [3.8, 4) is 39.1 Å². The smallest absolute Gasteiger partial charge is 0.0542 e. The molecule has 71 heavy (non-hydrogen) atoms. The predicted octanol–water partition coefficient (Wildman–Crippen LogP) is 19.0. The summed E-state index contributed by atoms with van der Waals surface area (Å²) in [6, 6.07) is 103. The zero-order valence-electron chi connectivity index (χ0n) is 39.0. The van der Waals surface area contributed by atoms with Gasteiger partial charge in [-0.1, -0.05) is 188 Å². The van der Waals surface area contributed by atoms with Gasteiger partial charge in [0.15, 0.2) is 0 Å². The maximum atomic E-state index is 2.44. The van der Waals surface area contributed by atoms with Crippen LogP contribution in [0.2, 0.25) is 0 Å². The van der Waals surface area contributed by atoms with Crippen molar-refractivity contribution < 1.29 is 0 Å². The van der Waals surface area contributed by atoms with Crippen molar-refractivity contribution in [2.45, 2.75) is 0 Å². The van der Waals surface area contributed by atoms with Crippen LogP contribution in [0.15, 0.2) is 285 Å². The summed E-state index contributed by atoms with van der Waals surface area (Å²) >= 11 is 0.